The van der Waals surface area contributed by atoms with E-state index in [0.29, 0.717) is 12.0 Å². The molecule has 1 aromatic carbocycles. The zero-order chi connectivity index (χ0) is 18.3. The van der Waals surface area contributed by atoms with Crippen LogP contribution < -0.4 is 4.72 Å². The minimum Gasteiger partial charge on any atom is -0.598 e. The van der Waals surface area contributed by atoms with Gasteiger partial charge in [0.2, 0.25) is 0 Å². The van der Waals surface area contributed by atoms with Crippen LogP contribution in [0.2, 0.25) is 0 Å². The molecule has 0 radical (unpaired) electrons. The first kappa shape index (κ1) is 19.2. The molecule has 3 atom stereocenters. The Morgan fingerprint density at radius 3 is 2.46 bits per heavy atom. The van der Waals surface area contributed by atoms with Crippen LogP contribution in [0.1, 0.15) is 58.7 Å². The molecule has 0 amide bonds. The lowest BCUT2D eigenvalue weighted by molar-refractivity contribution is -0.160. The minimum absolute atomic E-state index is 0.376. The Labute approximate surface area is 146 Å². The number of esters is 1. The molecule has 1 N–H and O–H groups in total. The third kappa shape index (κ3) is 4.29. The monoisotopic (exact) mass is 355 g/mol. The topological polar surface area (TPSA) is 61.4 Å². The molecule has 0 fully saturated rings. The van der Waals surface area contributed by atoms with Crippen LogP contribution in [0.15, 0.2) is 18.2 Å². The summed E-state index contributed by atoms with van der Waals surface area (Å²) in [6.07, 6.45) is 0.376. The van der Waals surface area contributed by atoms with E-state index < -0.39 is 39.6 Å². The minimum atomic E-state index is -1.43. The predicted octanol–water partition coefficient (Wildman–Crippen LogP) is 3.43. The molecule has 0 spiro atoms. The van der Waals surface area contributed by atoms with Gasteiger partial charge in [-0.2, -0.15) is 0 Å². The second-order valence-corrected chi connectivity index (χ2v) is 10.1. The molecule has 0 saturated heterocycles. The average Bonchev–Trinajstić information content (AvgIpc) is 2.76. The molecule has 0 bridgehead atoms. The second kappa shape index (κ2) is 6.65. The zero-order valence-corrected chi connectivity index (χ0v) is 15.9. The summed E-state index contributed by atoms with van der Waals surface area (Å²) in [5, 5.41) is 0. The van der Waals surface area contributed by atoms with Crippen molar-refractivity contribution >= 4 is 17.3 Å². The molecular formula is C18H26FNO3S. The van der Waals surface area contributed by atoms with Crippen molar-refractivity contribution in [1.82, 2.24) is 4.72 Å². The highest BCUT2D eigenvalue weighted by Crippen LogP contribution is 2.40. The quantitative estimate of drug-likeness (QED) is 0.666. The number of benzene rings is 1. The summed E-state index contributed by atoms with van der Waals surface area (Å²) in [7, 11) is 0. The Morgan fingerprint density at radius 2 is 1.92 bits per heavy atom. The lowest BCUT2D eigenvalue weighted by atomic mass is 10.0. The number of fused-ring (bicyclic) bond motifs is 1. The molecule has 0 heterocycles. The molecule has 1 aliphatic rings. The largest absolute Gasteiger partial charge is 0.598 e. The van der Waals surface area contributed by atoms with Crippen molar-refractivity contribution in [3.8, 4) is 0 Å². The van der Waals surface area contributed by atoms with E-state index in [4.69, 9.17) is 4.74 Å². The van der Waals surface area contributed by atoms with Crippen molar-refractivity contribution < 1.29 is 18.5 Å². The van der Waals surface area contributed by atoms with Crippen molar-refractivity contribution in [3.05, 3.63) is 35.1 Å². The number of nitrogens with one attached hydrogen (secondary N) is 1. The molecule has 2 rings (SSSR count). The predicted molar refractivity (Wildman–Crippen MR) is 93.2 cm³/mol. The van der Waals surface area contributed by atoms with E-state index in [1.165, 1.54) is 6.07 Å². The fourth-order valence-corrected chi connectivity index (χ4v) is 3.56. The van der Waals surface area contributed by atoms with Gasteiger partial charge in [0.25, 0.3) is 0 Å². The molecule has 0 aromatic heterocycles. The summed E-state index contributed by atoms with van der Waals surface area (Å²) < 4.78 is 34.8. The van der Waals surface area contributed by atoms with Crippen LogP contribution in [-0.4, -0.2) is 20.9 Å². The lowest BCUT2D eigenvalue weighted by Gasteiger charge is -2.30. The maximum Gasteiger partial charge on any atom is 0.311 e. The summed E-state index contributed by atoms with van der Waals surface area (Å²) in [5.41, 5.74) is 0.554. The van der Waals surface area contributed by atoms with Crippen molar-refractivity contribution in [2.24, 2.45) is 5.92 Å². The maximum atomic E-state index is 14.4. The molecule has 134 valence electrons. The fraction of sp³-hybridized carbons (Fsp3) is 0.611. The molecule has 1 aromatic rings. The van der Waals surface area contributed by atoms with Crippen LogP contribution in [-0.2, 0) is 27.3 Å². The third-order valence-electron chi connectivity index (χ3n) is 3.80. The highest BCUT2D eigenvalue weighted by molar-refractivity contribution is 7.90. The van der Waals surface area contributed by atoms with Crippen LogP contribution in [0.4, 0.5) is 4.39 Å². The number of hydrogen-bond acceptors (Lipinski definition) is 4. The Bertz CT molecular complexity index is 622. The summed E-state index contributed by atoms with van der Waals surface area (Å²) in [6, 6.07) is 4.14. The number of rotatable bonds is 3. The third-order valence-corrected chi connectivity index (χ3v) is 5.38. The summed E-state index contributed by atoms with van der Waals surface area (Å²) in [6.45, 7) is 10.9. The Balaban J connectivity index is 2.34. The first-order valence-electron chi connectivity index (χ1n) is 8.08. The van der Waals surface area contributed by atoms with Crippen molar-refractivity contribution in [2.45, 2.75) is 64.4 Å². The van der Waals surface area contributed by atoms with Crippen molar-refractivity contribution in [3.63, 3.8) is 0 Å². The summed E-state index contributed by atoms with van der Waals surface area (Å²) >= 11 is -1.43. The van der Waals surface area contributed by atoms with Gasteiger partial charge in [-0.1, -0.05) is 12.1 Å². The fourth-order valence-electron chi connectivity index (χ4n) is 2.69. The number of carbonyl (C=O) groups excluding carboxylic acids is 1. The Hall–Kier alpha value is -1.11. The van der Waals surface area contributed by atoms with Crippen LogP contribution in [0.25, 0.3) is 0 Å². The normalized spacial score (nSPS) is 22.2. The van der Waals surface area contributed by atoms with Gasteiger partial charge in [-0.15, -0.1) is 4.72 Å². The highest BCUT2D eigenvalue weighted by Gasteiger charge is 2.45. The van der Waals surface area contributed by atoms with Crippen LogP contribution in [0, 0.1) is 11.7 Å². The van der Waals surface area contributed by atoms with Gasteiger partial charge in [0.05, 0.1) is 12.0 Å². The number of ether oxygens (including phenoxy) is 1. The van der Waals surface area contributed by atoms with Crippen LogP contribution >= 0.6 is 0 Å². The smallest absolute Gasteiger partial charge is 0.311 e. The molecular weight excluding hydrogens is 329 g/mol. The second-order valence-electron chi connectivity index (χ2n) is 8.13. The molecule has 4 nitrogen and oxygen atoms in total. The van der Waals surface area contributed by atoms with E-state index in [-0.39, 0.29) is 5.82 Å². The maximum absolute atomic E-state index is 14.4. The first-order valence-corrected chi connectivity index (χ1v) is 9.23. The number of carbonyl (C=O) groups is 1. The van der Waals surface area contributed by atoms with Gasteiger partial charge in [0.1, 0.15) is 16.2 Å². The van der Waals surface area contributed by atoms with Crippen LogP contribution in [0.5, 0.6) is 0 Å². The van der Waals surface area contributed by atoms with Gasteiger partial charge in [-0.3, -0.25) is 4.79 Å². The Kier molecular flexibility index (Phi) is 5.33. The van der Waals surface area contributed by atoms with E-state index in [2.05, 4.69) is 4.72 Å². The molecule has 1 unspecified atom stereocenters. The number of halogens is 1. The first-order chi connectivity index (χ1) is 10.9. The van der Waals surface area contributed by atoms with E-state index in [1.807, 2.05) is 20.8 Å². The molecule has 1 aliphatic carbocycles. The van der Waals surface area contributed by atoms with E-state index in [1.54, 1.807) is 32.9 Å². The van der Waals surface area contributed by atoms with Gasteiger partial charge in [0.15, 0.2) is 0 Å². The van der Waals surface area contributed by atoms with Crippen molar-refractivity contribution in [1.29, 1.82) is 0 Å². The molecule has 0 saturated carbocycles. The molecule has 0 aliphatic heterocycles. The van der Waals surface area contributed by atoms with Crippen LogP contribution in [0.3, 0.4) is 0 Å². The number of hydrogen-bond donors (Lipinski definition) is 1. The van der Waals surface area contributed by atoms with E-state index >= 15 is 0 Å². The van der Waals surface area contributed by atoms with E-state index in [0.717, 1.165) is 5.56 Å². The average molecular weight is 355 g/mol. The SMILES string of the molecule is CC(C)(C)OC(=O)[C@@H]1Cc2cccc(F)c2[C@@H]1N[S+]([O-])C(C)(C)C. The molecule has 24 heavy (non-hydrogen) atoms. The summed E-state index contributed by atoms with van der Waals surface area (Å²) in [4.78, 5) is 12.6. The zero-order valence-electron chi connectivity index (χ0n) is 15.1. The van der Waals surface area contributed by atoms with Gasteiger partial charge < -0.3 is 9.29 Å². The summed E-state index contributed by atoms with van der Waals surface area (Å²) in [5.74, 6) is -1.38. The highest BCUT2D eigenvalue weighted by atomic mass is 32.2. The Morgan fingerprint density at radius 1 is 1.29 bits per heavy atom. The lowest BCUT2D eigenvalue weighted by Crippen LogP contribution is -2.44. The van der Waals surface area contributed by atoms with Crippen molar-refractivity contribution in [2.75, 3.05) is 0 Å². The van der Waals surface area contributed by atoms with Gasteiger partial charge in [-0.05, 0) is 59.6 Å². The van der Waals surface area contributed by atoms with Gasteiger partial charge in [-0.25, -0.2) is 4.39 Å². The van der Waals surface area contributed by atoms with Gasteiger partial charge >= 0.3 is 5.97 Å². The molecule has 6 heteroatoms. The standard InChI is InChI=1S/C18H26FNO3S/c1-17(2,3)23-16(21)12-10-11-8-7-9-13(19)14(11)15(12)20-24(22)18(4,5)6/h7-9,12,15,20H,10H2,1-6H3/t12-,15-,24?/m1/s1. The van der Waals surface area contributed by atoms with Gasteiger partial charge in [0, 0.05) is 16.9 Å². The van der Waals surface area contributed by atoms with E-state index in [9.17, 15) is 13.7 Å².